The first-order chi connectivity index (χ1) is 12.3. The molecule has 136 valence electrons. The third kappa shape index (κ3) is 4.29. The maximum absolute atomic E-state index is 12.2. The van der Waals surface area contributed by atoms with Gasteiger partial charge >= 0.3 is 0 Å². The molecule has 1 unspecified atom stereocenters. The van der Waals surface area contributed by atoms with Gasteiger partial charge < -0.3 is 10.6 Å². The summed E-state index contributed by atoms with van der Waals surface area (Å²) in [5, 5.41) is 5.56. The normalized spacial score (nSPS) is 16.5. The Morgan fingerprint density at radius 2 is 1.96 bits per heavy atom. The fourth-order valence-electron chi connectivity index (χ4n) is 2.98. The summed E-state index contributed by atoms with van der Waals surface area (Å²) < 4.78 is 23.2. The second-order valence-corrected chi connectivity index (χ2v) is 8.45. The predicted molar refractivity (Wildman–Crippen MR) is 99.7 cm³/mol. The summed E-state index contributed by atoms with van der Waals surface area (Å²) in [6.07, 6.45) is 2.34. The maximum Gasteiger partial charge on any atom is 0.227 e. The van der Waals surface area contributed by atoms with E-state index in [9.17, 15) is 18.0 Å². The van der Waals surface area contributed by atoms with Crippen molar-refractivity contribution < 1.29 is 18.0 Å². The summed E-state index contributed by atoms with van der Waals surface area (Å²) in [5.74, 6) is -0.573. The lowest BCUT2D eigenvalue weighted by atomic mass is 9.89. The number of rotatable bonds is 5. The van der Waals surface area contributed by atoms with E-state index >= 15 is 0 Å². The number of carbonyl (C=O) groups excluding carboxylic acids is 2. The van der Waals surface area contributed by atoms with Crippen molar-refractivity contribution in [3.05, 3.63) is 54.1 Å². The molecule has 1 heterocycles. The van der Waals surface area contributed by atoms with E-state index in [0.717, 1.165) is 17.5 Å². The molecule has 26 heavy (non-hydrogen) atoms. The molecule has 0 saturated carbocycles. The molecular formula is C19H20N2O4S. The van der Waals surface area contributed by atoms with Gasteiger partial charge in [-0.05, 0) is 42.7 Å². The summed E-state index contributed by atoms with van der Waals surface area (Å²) in [5.41, 5.74) is 2.32. The SMILES string of the molecule is CS(=O)(=O)c1cccc(NC(=O)CCC2Cc3ccccc3NC2=O)c1. The number of carbonyl (C=O) groups is 2. The summed E-state index contributed by atoms with van der Waals surface area (Å²) in [6, 6.07) is 13.8. The Kier molecular flexibility index (Phi) is 5.08. The summed E-state index contributed by atoms with van der Waals surface area (Å²) in [6.45, 7) is 0. The Balaban J connectivity index is 1.59. The number of anilines is 2. The molecule has 7 heteroatoms. The van der Waals surface area contributed by atoms with Gasteiger partial charge in [-0.15, -0.1) is 0 Å². The Hall–Kier alpha value is -2.67. The summed E-state index contributed by atoms with van der Waals surface area (Å²) >= 11 is 0. The highest BCUT2D eigenvalue weighted by molar-refractivity contribution is 7.90. The number of hydrogen-bond donors (Lipinski definition) is 2. The van der Waals surface area contributed by atoms with Crippen molar-refractivity contribution in [1.82, 2.24) is 0 Å². The van der Waals surface area contributed by atoms with E-state index in [1.165, 1.54) is 12.1 Å². The summed E-state index contributed by atoms with van der Waals surface area (Å²) in [4.78, 5) is 24.5. The van der Waals surface area contributed by atoms with Gasteiger partial charge in [-0.2, -0.15) is 0 Å². The Labute approximate surface area is 152 Å². The average Bonchev–Trinajstić information content (AvgIpc) is 2.59. The molecule has 2 aromatic rings. The topological polar surface area (TPSA) is 92.3 Å². The molecule has 0 aliphatic carbocycles. The number of hydrogen-bond acceptors (Lipinski definition) is 4. The zero-order chi connectivity index (χ0) is 18.7. The Morgan fingerprint density at radius 3 is 2.73 bits per heavy atom. The van der Waals surface area contributed by atoms with Gasteiger partial charge in [-0.1, -0.05) is 24.3 Å². The lowest BCUT2D eigenvalue weighted by Gasteiger charge is -2.24. The van der Waals surface area contributed by atoms with Crippen LogP contribution >= 0.6 is 0 Å². The third-order valence-corrected chi connectivity index (χ3v) is 5.49. The van der Waals surface area contributed by atoms with Gasteiger partial charge in [0.25, 0.3) is 0 Å². The van der Waals surface area contributed by atoms with Crippen molar-refractivity contribution >= 4 is 33.0 Å². The van der Waals surface area contributed by atoms with E-state index in [1.807, 2.05) is 24.3 Å². The van der Waals surface area contributed by atoms with E-state index in [0.29, 0.717) is 18.5 Å². The van der Waals surface area contributed by atoms with Gasteiger partial charge in [-0.25, -0.2) is 8.42 Å². The minimum absolute atomic E-state index is 0.0735. The second kappa shape index (κ2) is 7.29. The van der Waals surface area contributed by atoms with Crippen LogP contribution < -0.4 is 10.6 Å². The molecule has 1 aliphatic rings. The van der Waals surface area contributed by atoms with E-state index in [2.05, 4.69) is 10.6 Å². The molecular weight excluding hydrogens is 352 g/mol. The number of sulfone groups is 1. The zero-order valence-electron chi connectivity index (χ0n) is 14.4. The van der Waals surface area contributed by atoms with Crippen molar-refractivity contribution in [3.8, 4) is 0 Å². The van der Waals surface area contributed by atoms with Gasteiger partial charge in [0.15, 0.2) is 9.84 Å². The van der Waals surface area contributed by atoms with Crippen LogP contribution in [0.25, 0.3) is 0 Å². The largest absolute Gasteiger partial charge is 0.326 e. The van der Waals surface area contributed by atoms with Crippen LogP contribution in [0.3, 0.4) is 0 Å². The van der Waals surface area contributed by atoms with Gasteiger partial charge in [0.05, 0.1) is 4.90 Å². The van der Waals surface area contributed by atoms with Crippen LogP contribution in [-0.4, -0.2) is 26.5 Å². The molecule has 0 spiro atoms. The number of nitrogens with one attached hydrogen (secondary N) is 2. The van der Waals surface area contributed by atoms with Gasteiger partial charge in [0, 0.05) is 30.0 Å². The van der Waals surface area contributed by atoms with Crippen LogP contribution in [0, 0.1) is 5.92 Å². The lowest BCUT2D eigenvalue weighted by Crippen LogP contribution is -2.30. The smallest absolute Gasteiger partial charge is 0.227 e. The summed E-state index contributed by atoms with van der Waals surface area (Å²) in [7, 11) is -3.33. The fourth-order valence-corrected chi connectivity index (χ4v) is 3.65. The molecule has 0 bridgehead atoms. The van der Waals surface area contributed by atoms with Gasteiger partial charge in [0.2, 0.25) is 11.8 Å². The number of fused-ring (bicyclic) bond motifs is 1. The van der Waals surface area contributed by atoms with Crippen molar-refractivity contribution in [1.29, 1.82) is 0 Å². The minimum Gasteiger partial charge on any atom is -0.326 e. The van der Waals surface area contributed by atoms with Crippen molar-refractivity contribution in [2.24, 2.45) is 5.92 Å². The van der Waals surface area contributed by atoms with Crippen LogP contribution in [0.15, 0.2) is 53.4 Å². The Bertz CT molecular complexity index is 954. The van der Waals surface area contributed by atoms with E-state index in [4.69, 9.17) is 0 Å². The number of amides is 2. The average molecular weight is 372 g/mol. The van der Waals surface area contributed by atoms with Crippen LogP contribution in [0.1, 0.15) is 18.4 Å². The zero-order valence-corrected chi connectivity index (χ0v) is 15.2. The maximum atomic E-state index is 12.2. The Morgan fingerprint density at radius 1 is 1.19 bits per heavy atom. The van der Waals surface area contributed by atoms with E-state index in [-0.39, 0.29) is 29.0 Å². The second-order valence-electron chi connectivity index (χ2n) is 6.43. The molecule has 0 aromatic heterocycles. The minimum atomic E-state index is -3.33. The van der Waals surface area contributed by atoms with Crippen LogP contribution in [-0.2, 0) is 25.8 Å². The van der Waals surface area contributed by atoms with Crippen LogP contribution in [0.2, 0.25) is 0 Å². The molecule has 3 rings (SSSR count). The highest BCUT2D eigenvalue weighted by atomic mass is 32.2. The fraction of sp³-hybridized carbons (Fsp3) is 0.263. The molecule has 0 saturated heterocycles. The molecule has 0 radical (unpaired) electrons. The monoisotopic (exact) mass is 372 g/mol. The molecule has 0 fully saturated rings. The predicted octanol–water partition coefficient (Wildman–Crippen LogP) is 2.62. The van der Waals surface area contributed by atoms with Crippen molar-refractivity contribution in [3.63, 3.8) is 0 Å². The third-order valence-electron chi connectivity index (χ3n) is 4.38. The molecule has 1 aliphatic heterocycles. The highest BCUT2D eigenvalue weighted by Crippen LogP contribution is 2.27. The highest BCUT2D eigenvalue weighted by Gasteiger charge is 2.26. The molecule has 6 nitrogen and oxygen atoms in total. The first-order valence-corrected chi connectivity index (χ1v) is 10.2. The molecule has 1 atom stereocenters. The lowest BCUT2D eigenvalue weighted by molar-refractivity contribution is -0.121. The number of para-hydroxylation sites is 1. The van der Waals surface area contributed by atoms with E-state index < -0.39 is 9.84 Å². The quantitative estimate of drug-likeness (QED) is 0.844. The molecule has 2 amide bonds. The standard InChI is InChI=1S/C19H20N2O4S/c1-26(24,25)16-7-4-6-15(12-16)20-18(22)10-9-14-11-13-5-2-3-8-17(13)21-19(14)23/h2-8,12,14H,9-11H2,1H3,(H,20,22)(H,21,23). The van der Waals surface area contributed by atoms with E-state index in [1.54, 1.807) is 12.1 Å². The molecule has 2 aromatic carbocycles. The van der Waals surface area contributed by atoms with Crippen LogP contribution in [0.5, 0.6) is 0 Å². The first kappa shape index (κ1) is 18.1. The van der Waals surface area contributed by atoms with Gasteiger partial charge in [-0.3, -0.25) is 9.59 Å². The van der Waals surface area contributed by atoms with Crippen molar-refractivity contribution in [2.75, 3.05) is 16.9 Å². The number of benzene rings is 2. The van der Waals surface area contributed by atoms with Gasteiger partial charge in [0.1, 0.15) is 0 Å². The first-order valence-electron chi connectivity index (χ1n) is 8.31. The van der Waals surface area contributed by atoms with Crippen LogP contribution in [0.4, 0.5) is 11.4 Å². The van der Waals surface area contributed by atoms with Crippen molar-refractivity contribution in [2.45, 2.75) is 24.2 Å². The molecule has 2 N–H and O–H groups in total.